The number of likely N-dealkylation sites (N-methyl/N-ethyl adjacent to an activating group) is 1. The van der Waals surface area contributed by atoms with Crippen molar-refractivity contribution < 1.29 is 27.1 Å². The molecule has 0 radical (unpaired) electrons. The molecule has 11 heteroatoms. The third-order valence-electron chi connectivity index (χ3n) is 8.10. The van der Waals surface area contributed by atoms with Gasteiger partial charge in [-0.2, -0.15) is 13.2 Å². The van der Waals surface area contributed by atoms with Gasteiger partial charge in [0, 0.05) is 30.3 Å². The van der Waals surface area contributed by atoms with Crippen molar-refractivity contribution in [3.05, 3.63) is 121 Å². The molecule has 1 aliphatic rings. The first-order chi connectivity index (χ1) is 22.0. The lowest BCUT2D eigenvalue weighted by atomic mass is 9.90. The lowest BCUT2D eigenvalue weighted by Crippen LogP contribution is -2.43. The van der Waals surface area contributed by atoms with Crippen molar-refractivity contribution in [2.75, 3.05) is 20.2 Å². The number of benzene rings is 3. The van der Waals surface area contributed by atoms with Crippen molar-refractivity contribution in [2.45, 2.75) is 33.0 Å². The molecule has 0 fully saturated rings. The average Bonchev–Trinajstić information content (AvgIpc) is 3.64. The number of halogens is 3. The van der Waals surface area contributed by atoms with E-state index in [2.05, 4.69) is 0 Å². The number of alkyl halides is 3. The number of furan rings is 1. The number of aromatic nitrogens is 1. The van der Waals surface area contributed by atoms with Crippen LogP contribution in [0.25, 0.3) is 28.2 Å². The molecule has 236 valence electrons. The molecule has 3 heterocycles. The van der Waals surface area contributed by atoms with Crippen LogP contribution in [0.1, 0.15) is 43.7 Å². The maximum atomic E-state index is 14.3. The van der Waals surface area contributed by atoms with Crippen LogP contribution in [0.5, 0.6) is 5.75 Å². The fourth-order valence-corrected chi connectivity index (χ4v) is 6.88. The Morgan fingerprint density at radius 2 is 1.83 bits per heavy atom. The molecule has 1 amide bonds. The highest BCUT2D eigenvalue weighted by Crippen LogP contribution is 2.40. The van der Waals surface area contributed by atoms with Gasteiger partial charge < -0.3 is 14.1 Å². The van der Waals surface area contributed by atoms with Gasteiger partial charge >= 0.3 is 6.18 Å². The molecule has 1 aliphatic heterocycles. The summed E-state index contributed by atoms with van der Waals surface area (Å²) in [6, 6.07) is 18.7. The molecule has 0 spiro atoms. The minimum atomic E-state index is -4.49. The van der Waals surface area contributed by atoms with Gasteiger partial charge in [-0.1, -0.05) is 53.8 Å². The number of methoxy groups -OCH3 is 1. The number of allylic oxidation sites excluding steroid dienone is 1. The second-order valence-electron chi connectivity index (χ2n) is 10.7. The number of hydrogen-bond acceptors (Lipinski definition) is 6. The third kappa shape index (κ3) is 5.44. The van der Waals surface area contributed by atoms with E-state index < -0.39 is 23.3 Å². The Labute approximate surface area is 266 Å². The first-order valence-electron chi connectivity index (χ1n) is 14.7. The van der Waals surface area contributed by atoms with E-state index in [1.165, 1.54) is 16.7 Å². The molecule has 46 heavy (non-hydrogen) atoms. The smallest absolute Gasteiger partial charge is 0.416 e. The van der Waals surface area contributed by atoms with E-state index in [-0.39, 0.29) is 27.5 Å². The molecule has 0 saturated heterocycles. The standard InChI is InChI=1S/C35H30F3N3O4S/c1-5-40(6-2)33(43)29-20(3)39-34-41(31(29)30-25-13-8-7-10-21(25)14-16-27(30)44-4)32(42)28(46-34)19-24-15-17-26(45-24)22-11-9-12-23(18-22)35(36,37)38/h7-19,31H,5-6H2,1-4H3/b28-19+/t31-/m0/s1. The Morgan fingerprint density at radius 1 is 1.07 bits per heavy atom. The normalized spacial score (nSPS) is 15.2. The molecule has 3 aromatic carbocycles. The lowest BCUT2D eigenvalue weighted by molar-refractivity contribution is -0.137. The van der Waals surface area contributed by atoms with Crippen LogP contribution in [-0.2, 0) is 11.0 Å². The Bertz CT molecular complexity index is 2190. The third-order valence-corrected chi connectivity index (χ3v) is 9.08. The summed E-state index contributed by atoms with van der Waals surface area (Å²) in [7, 11) is 1.55. The van der Waals surface area contributed by atoms with Crippen molar-refractivity contribution in [1.29, 1.82) is 0 Å². The van der Waals surface area contributed by atoms with E-state index in [1.807, 2.05) is 50.2 Å². The number of ether oxygens (including phenoxy) is 1. The molecular formula is C35H30F3N3O4S. The lowest BCUT2D eigenvalue weighted by Gasteiger charge is -2.30. The predicted molar refractivity (Wildman–Crippen MR) is 171 cm³/mol. The van der Waals surface area contributed by atoms with Gasteiger partial charge in [-0.05, 0) is 61.9 Å². The average molecular weight is 646 g/mol. The zero-order chi connectivity index (χ0) is 32.7. The van der Waals surface area contributed by atoms with Gasteiger partial charge in [0.1, 0.15) is 23.3 Å². The van der Waals surface area contributed by atoms with E-state index in [0.717, 1.165) is 34.2 Å². The molecule has 5 aromatic rings. The summed E-state index contributed by atoms with van der Waals surface area (Å²) in [5.74, 6) is 0.811. The van der Waals surface area contributed by atoms with Crippen LogP contribution in [0.2, 0.25) is 0 Å². The Kier molecular flexibility index (Phi) is 8.20. The van der Waals surface area contributed by atoms with Gasteiger partial charge in [0.05, 0.1) is 28.5 Å². The van der Waals surface area contributed by atoms with Crippen molar-refractivity contribution in [1.82, 2.24) is 9.47 Å². The number of rotatable bonds is 7. The van der Waals surface area contributed by atoms with Crippen molar-refractivity contribution in [3.63, 3.8) is 0 Å². The second kappa shape index (κ2) is 12.1. The highest BCUT2D eigenvalue weighted by molar-refractivity contribution is 7.07. The monoisotopic (exact) mass is 645 g/mol. The predicted octanol–water partition coefficient (Wildman–Crippen LogP) is 6.54. The molecule has 0 unspecified atom stereocenters. The van der Waals surface area contributed by atoms with Gasteiger partial charge in [0.2, 0.25) is 0 Å². The first kappa shape index (κ1) is 31.1. The highest BCUT2D eigenvalue weighted by Gasteiger charge is 2.37. The summed E-state index contributed by atoms with van der Waals surface area (Å²) < 4.78 is 53.4. The number of hydrogen-bond donors (Lipinski definition) is 0. The van der Waals surface area contributed by atoms with Crippen LogP contribution < -0.4 is 19.6 Å². The van der Waals surface area contributed by atoms with Crippen LogP contribution >= 0.6 is 11.3 Å². The van der Waals surface area contributed by atoms with Gasteiger partial charge in [0.15, 0.2) is 4.80 Å². The fourth-order valence-electron chi connectivity index (χ4n) is 5.85. The SMILES string of the molecule is CCN(CC)C(=O)C1=C(C)N=c2s/c(=C/c3ccc(-c4cccc(C(F)(F)F)c4)o3)c(=O)n2[C@@H]1c1c(OC)ccc2ccccc12. The first-order valence-corrected chi connectivity index (χ1v) is 15.5. The molecule has 1 atom stereocenters. The van der Waals surface area contributed by atoms with Crippen molar-refractivity contribution >= 4 is 34.1 Å². The van der Waals surface area contributed by atoms with Crippen LogP contribution in [0, 0.1) is 0 Å². The van der Waals surface area contributed by atoms with Crippen LogP contribution in [-0.4, -0.2) is 35.6 Å². The van der Waals surface area contributed by atoms with E-state index in [0.29, 0.717) is 40.5 Å². The molecule has 0 bridgehead atoms. The summed E-state index contributed by atoms with van der Waals surface area (Å²) in [5, 5.41) is 1.75. The van der Waals surface area contributed by atoms with E-state index >= 15 is 0 Å². The summed E-state index contributed by atoms with van der Waals surface area (Å²) in [6.07, 6.45) is -2.95. The topological polar surface area (TPSA) is 77.0 Å². The number of carbonyl (C=O) groups excluding carboxylic acids is 1. The largest absolute Gasteiger partial charge is 0.496 e. The van der Waals surface area contributed by atoms with E-state index in [9.17, 15) is 22.8 Å². The zero-order valence-corrected chi connectivity index (χ0v) is 26.3. The van der Waals surface area contributed by atoms with Crippen LogP contribution in [0.4, 0.5) is 13.2 Å². The molecule has 0 aliphatic carbocycles. The van der Waals surface area contributed by atoms with Crippen LogP contribution in [0.15, 0.2) is 98.3 Å². The second-order valence-corrected chi connectivity index (χ2v) is 11.8. The molecule has 2 aromatic heterocycles. The van der Waals surface area contributed by atoms with Crippen molar-refractivity contribution in [2.24, 2.45) is 4.99 Å². The summed E-state index contributed by atoms with van der Waals surface area (Å²) in [5.41, 5.74) is 0.623. The Balaban J connectivity index is 1.55. The maximum Gasteiger partial charge on any atom is 0.416 e. The molecule has 6 rings (SSSR count). The number of carbonyl (C=O) groups is 1. The summed E-state index contributed by atoms with van der Waals surface area (Å²) in [4.78, 5) is 35.2. The number of amides is 1. The van der Waals surface area contributed by atoms with E-state index in [4.69, 9.17) is 14.1 Å². The quantitative estimate of drug-likeness (QED) is 0.201. The Hall–Kier alpha value is -4.90. The van der Waals surface area contributed by atoms with E-state index in [1.54, 1.807) is 37.1 Å². The van der Waals surface area contributed by atoms with Crippen molar-refractivity contribution in [3.8, 4) is 17.1 Å². The maximum absolute atomic E-state index is 14.3. The molecule has 7 nitrogen and oxygen atoms in total. The Morgan fingerprint density at radius 3 is 2.54 bits per heavy atom. The molecule has 0 N–H and O–H groups in total. The fraction of sp³-hybridized carbons (Fsp3) is 0.229. The van der Waals surface area contributed by atoms with Gasteiger partial charge in [-0.15, -0.1) is 0 Å². The number of nitrogens with zero attached hydrogens (tertiary/aromatic N) is 3. The zero-order valence-electron chi connectivity index (χ0n) is 25.5. The minimum absolute atomic E-state index is 0.225. The van der Waals surface area contributed by atoms with Gasteiger partial charge in [-0.3, -0.25) is 14.2 Å². The molecule has 0 saturated carbocycles. The summed E-state index contributed by atoms with van der Waals surface area (Å²) in [6.45, 7) is 6.52. The summed E-state index contributed by atoms with van der Waals surface area (Å²) >= 11 is 1.14. The van der Waals surface area contributed by atoms with Gasteiger partial charge in [-0.25, -0.2) is 4.99 Å². The number of fused-ring (bicyclic) bond motifs is 2. The highest BCUT2D eigenvalue weighted by atomic mass is 32.1. The van der Waals surface area contributed by atoms with Gasteiger partial charge in [0.25, 0.3) is 11.5 Å². The minimum Gasteiger partial charge on any atom is -0.496 e. The number of thiazole rings is 1. The molecular weight excluding hydrogens is 615 g/mol. The van der Waals surface area contributed by atoms with Crippen LogP contribution in [0.3, 0.4) is 0 Å².